The Hall–Kier alpha value is -2.97. The number of benzene rings is 2. The molecule has 1 N–H and O–H groups in total. The van der Waals surface area contributed by atoms with E-state index in [1.807, 2.05) is 19.1 Å². The van der Waals surface area contributed by atoms with E-state index in [4.69, 9.17) is 5.26 Å². The molecule has 2 aromatic rings. The van der Waals surface area contributed by atoms with Crippen LogP contribution in [0.5, 0.6) is 0 Å². The lowest BCUT2D eigenvalue weighted by Gasteiger charge is -2.22. The number of aliphatic hydroxyl groups is 1. The van der Waals surface area contributed by atoms with Gasteiger partial charge in [0, 0.05) is 24.1 Å². The highest BCUT2D eigenvalue weighted by Crippen LogP contribution is 2.42. The normalized spacial score (nSPS) is 18.5. The standard InChI is InChI=1S/C21H20N2O3/c1-15-8-10-16(11-9-15)19(24)14-21(26)17-6-2-3-7-18(17)23(20(21)25)13-5-4-12-22/h2-3,6-11,26H,4-5,13-14H2,1H3/t21-/m0/s1. The van der Waals surface area contributed by atoms with Crippen molar-refractivity contribution < 1.29 is 14.7 Å². The lowest BCUT2D eigenvalue weighted by Crippen LogP contribution is -2.42. The number of Topliss-reactive ketones (excluding diaryl/α,β-unsaturated/α-hetero) is 1. The highest BCUT2D eigenvalue weighted by Gasteiger charge is 2.50. The maximum Gasteiger partial charge on any atom is 0.264 e. The first kappa shape index (κ1) is 17.8. The molecule has 26 heavy (non-hydrogen) atoms. The van der Waals surface area contributed by atoms with Crippen LogP contribution in [0.1, 0.15) is 40.7 Å². The first-order valence-electron chi connectivity index (χ1n) is 8.58. The van der Waals surface area contributed by atoms with Gasteiger partial charge in [0.15, 0.2) is 11.4 Å². The van der Waals surface area contributed by atoms with Crippen LogP contribution in [0.4, 0.5) is 5.69 Å². The molecule has 1 aliphatic heterocycles. The number of hydrogen-bond donors (Lipinski definition) is 1. The topological polar surface area (TPSA) is 81.4 Å². The van der Waals surface area contributed by atoms with Gasteiger partial charge >= 0.3 is 0 Å². The van der Waals surface area contributed by atoms with Gasteiger partial charge in [0.1, 0.15) is 0 Å². The molecule has 3 rings (SSSR count). The van der Waals surface area contributed by atoms with Crippen LogP contribution in [0.25, 0.3) is 0 Å². The highest BCUT2D eigenvalue weighted by molar-refractivity contribution is 6.10. The summed E-state index contributed by atoms with van der Waals surface area (Å²) in [4.78, 5) is 27.1. The smallest absolute Gasteiger partial charge is 0.264 e. The molecule has 0 saturated carbocycles. The zero-order valence-electron chi connectivity index (χ0n) is 14.6. The molecular weight excluding hydrogens is 328 g/mol. The van der Waals surface area contributed by atoms with Crippen LogP contribution >= 0.6 is 0 Å². The molecule has 1 heterocycles. The van der Waals surface area contributed by atoms with Crippen molar-refractivity contribution in [3.05, 3.63) is 65.2 Å². The molecule has 132 valence electrons. The van der Waals surface area contributed by atoms with Crippen molar-refractivity contribution in [2.24, 2.45) is 0 Å². The zero-order valence-corrected chi connectivity index (χ0v) is 14.6. The molecule has 0 fully saturated rings. The maximum atomic E-state index is 12.9. The van der Waals surface area contributed by atoms with E-state index in [1.54, 1.807) is 36.4 Å². The number of nitrogens with zero attached hydrogens (tertiary/aromatic N) is 2. The summed E-state index contributed by atoms with van der Waals surface area (Å²) in [6.45, 7) is 2.27. The van der Waals surface area contributed by atoms with Gasteiger partial charge in [-0.2, -0.15) is 5.26 Å². The molecule has 0 bridgehead atoms. The van der Waals surface area contributed by atoms with E-state index < -0.39 is 11.5 Å². The molecule has 5 heteroatoms. The molecular formula is C21H20N2O3. The quantitative estimate of drug-likeness (QED) is 0.642. The van der Waals surface area contributed by atoms with E-state index in [1.165, 1.54) is 4.90 Å². The molecule has 0 aliphatic carbocycles. The first-order valence-corrected chi connectivity index (χ1v) is 8.58. The van der Waals surface area contributed by atoms with Gasteiger partial charge in [-0.15, -0.1) is 0 Å². The third kappa shape index (κ3) is 3.12. The molecule has 0 saturated heterocycles. The van der Waals surface area contributed by atoms with Crippen LogP contribution < -0.4 is 4.90 Å². The number of nitriles is 1. The average molecular weight is 348 g/mol. The van der Waals surface area contributed by atoms with Gasteiger partial charge in [-0.25, -0.2) is 0 Å². The summed E-state index contributed by atoms with van der Waals surface area (Å²) in [5.41, 5.74) is 0.686. The lowest BCUT2D eigenvalue weighted by molar-refractivity contribution is -0.135. The number of anilines is 1. The largest absolute Gasteiger partial charge is 0.375 e. The van der Waals surface area contributed by atoms with E-state index >= 15 is 0 Å². The second-order valence-electron chi connectivity index (χ2n) is 6.56. The Morgan fingerprint density at radius 2 is 1.88 bits per heavy atom. The molecule has 0 spiro atoms. The Kier molecular flexibility index (Phi) is 4.88. The Balaban J connectivity index is 1.90. The number of fused-ring (bicyclic) bond motifs is 1. The lowest BCUT2D eigenvalue weighted by atomic mass is 9.88. The number of unbranched alkanes of at least 4 members (excludes halogenated alkanes) is 1. The van der Waals surface area contributed by atoms with Gasteiger partial charge in [-0.05, 0) is 19.4 Å². The molecule has 0 unspecified atom stereocenters. The molecule has 1 amide bonds. The van der Waals surface area contributed by atoms with Gasteiger partial charge in [0.25, 0.3) is 5.91 Å². The van der Waals surface area contributed by atoms with Crippen LogP contribution in [-0.2, 0) is 10.4 Å². The third-order valence-electron chi connectivity index (χ3n) is 4.70. The third-order valence-corrected chi connectivity index (χ3v) is 4.70. The number of carbonyl (C=O) groups excluding carboxylic acids is 2. The minimum Gasteiger partial charge on any atom is -0.375 e. The number of aryl methyl sites for hydroxylation is 1. The Morgan fingerprint density at radius 3 is 2.58 bits per heavy atom. The van der Waals surface area contributed by atoms with Gasteiger partial charge in [-0.1, -0.05) is 48.0 Å². The molecule has 2 aromatic carbocycles. The summed E-state index contributed by atoms with van der Waals surface area (Å²) in [7, 11) is 0. The Morgan fingerprint density at radius 1 is 1.19 bits per heavy atom. The molecule has 5 nitrogen and oxygen atoms in total. The van der Waals surface area contributed by atoms with Gasteiger partial charge in [-0.3, -0.25) is 9.59 Å². The summed E-state index contributed by atoms with van der Waals surface area (Å²) in [6, 6.07) is 16.1. The number of hydrogen-bond acceptors (Lipinski definition) is 4. The number of para-hydroxylation sites is 1. The number of ketones is 1. The fourth-order valence-corrected chi connectivity index (χ4v) is 3.29. The van der Waals surface area contributed by atoms with E-state index in [9.17, 15) is 14.7 Å². The molecule has 0 aromatic heterocycles. The minimum atomic E-state index is -1.87. The predicted octanol–water partition coefficient (Wildman–Crippen LogP) is 3.11. The number of carbonyl (C=O) groups is 2. The summed E-state index contributed by atoms with van der Waals surface area (Å²) < 4.78 is 0. The summed E-state index contributed by atoms with van der Waals surface area (Å²) >= 11 is 0. The second-order valence-corrected chi connectivity index (χ2v) is 6.56. The van der Waals surface area contributed by atoms with E-state index in [-0.39, 0.29) is 12.2 Å². The van der Waals surface area contributed by atoms with E-state index in [2.05, 4.69) is 6.07 Å². The fraction of sp³-hybridized carbons (Fsp3) is 0.286. The van der Waals surface area contributed by atoms with Crippen molar-refractivity contribution in [1.29, 1.82) is 5.26 Å². The average Bonchev–Trinajstić information content (AvgIpc) is 2.84. The van der Waals surface area contributed by atoms with Crippen molar-refractivity contribution >= 4 is 17.4 Å². The SMILES string of the molecule is Cc1ccc(C(=O)C[C@@]2(O)C(=O)N(CCCC#N)c3ccccc32)cc1. The van der Waals surface area contributed by atoms with Crippen molar-refractivity contribution in [3.63, 3.8) is 0 Å². The van der Waals surface area contributed by atoms with Gasteiger partial charge in [0.05, 0.1) is 18.2 Å². The number of amides is 1. The summed E-state index contributed by atoms with van der Waals surface area (Å²) in [6.07, 6.45) is 0.534. The van der Waals surface area contributed by atoms with Crippen molar-refractivity contribution in [1.82, 2.24) is 0 Å². The van der Waals surface area contributed by atoms with E-state index in [0.29, 0.717) is 36.2 Å². The predicted molar refractivity (Wildman–Crippen MR) is 97.7 cm³/mol. The van der Waals surface area contributed by atoms with Crippen LogP contribution in [0.3, 0.4) is 0 Å². The molecule has 1 atom stereocenters. The molecule has 0 radical (unpaired) electrons. The van der Waals surface area contributed by atoms with Crippen LogP contribution in [0, 0.1) is 18.3 Å². The van der Waals surface area contributed by atoms with Gasteiger partial charge < -0.3 is 10.0 Å². The minimum absolute atomic E-state index is 0.283. The van der Waals surface area contributed by atoms with Crippen LogP contribution in [-0.4, -0.2) is 23.3 Å². The Bertz CT molecular complexity index is 883. The van der Waals surface area contributed by atoms with Crippen LogP contribution in [0.15, 0.2) is 48.5 Å². The highest BCUT2D eigenvalue weighted by atomic mass is 16.3. The van der Waals surface area contributed by atoms with Gasteiger partial charge in [0.2, 0.25) is 0 Å². The number of rotatable bonds is 6. The monoisotopic (exact) mass is 348 g/mol. The first-order chi connectivity index (χ1) is 12.5. The van der Waals surface area contributed by atoms with E-state index in [0.717, 1.165) is 5.56 Å². The maximum absolute atomic E-state index is 12.9. The van der Waals surface area contributed by atoms with Crippen molar-refractivity contribution in [2.75, 3.05) is 11.4 Å². The molecule has 1 aliphatic rings. The van der Waals surface area contributed by atoms with Crippen molar-refractivity contribution in [2.45, 2.75) is 31.8 Å². The zero-order chi connectivity index (χ0) is 18.7. The second kappa shape index (κ2) is 7.11. The van der Waals surface area contributed by atoms with Crippen molar-refractivity contribution in [3.8, 4) is 6.07 Å². The Labute approximate surface area is 152 Å². The van der Waals surface area contributed by atoms with Crippen LogP contribution in [0.2, 0.25) is 0 Å². The summed E-state index contributed by atoms with van der Waals surface area (Å²) in [5.74, 6) is -0.786. The summed E-state index contributed by atoms with van der Waals surface area (Å²) in [5, 5.41) is 19.9. The fourth-order valence-electron chi connectivity index (χ4n) is 3.29.